The smallest absolute Gasteiger partial charge is 0.163 e. The van der Waals surface area contributed by atoms with Crippen molar-refractivity contribution in [3.63, 3.8) is 0 Å². The molecule has 0 N–H and O–H groups in total. The van der Waals surface area contributed by atoms with Crippen molar-refractivity contribution >= 4 is 29.5 Å². The molecule has 104 valence electrons. The molecule has 4 nitrogen and oxygen atoms in total. The molecule has 0 spiro atoms. The zero-order valence-electron chi connectivity index (χ0n) is 10.6. The fourth-order valence-electron chi connectivity index (χ4n) is 1.79. The van der Waals surface area contributed by atoms with Crippen LogP contribution in [0.4, 0.5) is 0 Å². The van der Waals surface area contributed by atoms with Crippen LogP contribution in [0, 0.1) is 0 Å². The van der Waals surface area contributed by atoms with Gasteiger partial charge in [-0.15, -0.1) is 0 Å². The summed E-state index contributed by atoms with van der Waals surface area (Å²) in [7, 11) is 0. The molecule has 1 aliphatic heterocycles. The Morgan fingerprint density at radius 2 is 2.05 bits per heavy atom. The predicted octanol–water partition coefficient (Wildman–Crippen LogP) is 3.34. The van der Waals surface area contributed by atoms with E-state index in [1.54, 1.807) is 12.1 Å². The maximum Gasteiger partial charge on any atom is 0.163 e. The number of aldehydes is 1. The molecule has 1 atom stereocenters. The number of hydrogen-bond donors (Lipinski definition) is 0. The van der Waals surface area contributed by atoms with Gasteiger partial charge in [-0.3, -0.25) is 4.79 Å². The number of benzene rings is 1. The topological polar surface area (TPSA) is 44.8 Å². The van der Waals surface area contributed by atoms with E-state index in [0.29, 0.717) is 25.2 Å². The lowest BCUT2D eigenvalue weighted by Crippen LogP contribution is -2.25. The third-order valence-corrected chi connectivity index (χ3v) is 3.30. The van der Waals surface area contributed by atoms with Crippen LogP contribution in [-0.4, -0.2) is 31.4 Å². The van der Waals surface area contributed by atoms with Crippen LogP contribution in [-0.2, 0) is 9.47 Å². The number of hydrogen-bond acceptors (Lipinski definition) is 4. The Bertz CT molecular complexity index is 465. The van der Waals surface area contributed by atoms with Gasteiger partial charge in [0.1, 0.15) is 18.5 Å². The molecule has 1 fully saturated rings. The van der Waals surface area contributed by atoms with E-state index in [1.165, 1.54) is 0 Å². The minimum absolute atomic E-state index is 0.140. The van der Waals surface area contributed by atoms with Crippen LogP contribution in [0.5, 0.6) is 5.75 Å². The lowest BCUT2D eigenvalue weighted by Gasteiger charge is -2.17. The van der Waals surface area contributed by atoms with E-state index in [1.807, 2.05) is 13.8 Å². The zero-order chi connectivity index (χ0) is 14.0. The SMILES string of the molecule is CC1(C)OC[C@H](COc2cc(Cl)c(C=O)c(Cl)c2)O1. The van der Waals surface area contributed by atoms with Crippen LogP contribution in [0.2, 0.25) is 10.0 Å². The molecule has 19 heavy (non-hydrogen) atoms. The quantitative estimate of drug-likeness (QED) is 0.800. The summed E-state index contributed by atoms with van der Waals surface area (Å²) in [6, 6.07) is 3.11. The van der Waals surface area contributed by atoms with Crippen LogP contribution in [0.1, 0.15) is 24.2 Å². The summed E-state index contributed by atoms with van der Waals surface area (Å²) < 4.78 is 16.6. The van der Waals surface area contributed by atoms with E-state index in [4.69, 9.17) is 37.4 Å². The van der Waals surface area contributed by atoms with Crippen LogP contribution in [0.25, 0.3) is 0 Å². The lowest BCUT2D eigenvalue weighted by molar-refractivity contribution is -0.141. The molecule has 1 aromatic rings. The summed E-state index contributed by atoms with van der Waals surface area (Å²) in [6.45, 7) is 4.50. The van der Waals surface area contributed by atoms with E-state index < -0.39 is 5.79 Å². The summed E-state index contributed by atoms with van der Waals surface area (Å²) in [5, 5.41) is 0.530. The summed E-state index contributed by atoms with van der Waals surface area (Å²) >= 11 is 11.8. The van der Waals surface area contributed by atoms with Crippen LogP contribution in [0.15, 0.2) is 12.1 Å². The second-order valence-electron chi connectivity index (χ2n) is 4.68. The molecule has 1 aromatic carbocycles. The molecule has 0 aromatic heterocycles. The molecular weight excluding hydrogens is 291 g/mol. The van der Waals surface area contributed by atoms with Gasteiger partial charge in [0.2, 0.25) is 0 Å². The second-order valence-corrected chi connectivity index (χ2v) is 5.49. The van der Waals surface area contributed by atoms with Crippen LogP contribution >= 0.6 is 23.2 Å². The minimum atomic E-state index is -0.579. The summed E-state index contributed by atoms with van der Waals surface area (Å²) in [5.41, 5.74) is 0.261. The van der Waals surface area contributed by atoms with E-state index in [2.05, 4.69) is 0 Å². The number of ether oxygens (including phenoxy) is 3. The standard InChI is InChI=1S/C13H14Cl2O4/c1-13(2)18-7-9(19-13)6-17-8-3-11(14)10(5-16)12(15)4-8/h3-5,9H,6-7H2,1-2H3/t9-/m0/s1. The van der Waals surface area contributed by atoms with Gasteiger partial charge in [0.15, 0.2) is 12.1 Å². The number of carbonyl (C=O) groups is 1. The number of rotatable bonds is 4. The summed E-state index contributed by atoms with van der Waals surface area (Å²) in [5.74, 6) is -0.0843. The van der Waals surface area contributed by atoms with E-state index in [0.717, 1.165) is 0 Å². The maximum atomic E-state index is 10.8. The fraction of sp³-hybridized carbons (Fsp3) is 0.462. The first-order valence-electron chi connectivity index (χ1n) is 5.80. The van der Waals surface area contributed by atoms with Gasteiger partial charge in [-0.25, -0.2) is 0 Å². The Kier molecular flexibility index (Phi) is 4.36. The molecule has 0 amide bonds. The molecule has 0 saturated carbocycles. The van der Waals surface area contributed by atoms with Gasteiger partial charge in [0, 0.05) is 0 Å². The monoisotopic (exact) mass is 304 g/mol. The highest BCUT2D eigenvalue weighted by Crippen LogP contribution is 2.30. The van der Waals surface area contributed by atoms with E-state index >= 15 is 0 Å². The first-order valence-corrected chi connectivity index (χ1v) is 6.55. The summed E-state index contributed by atoms with van der Waals surface area (Å²) in [4.78, 5) is 10.8. The van der Waals surface area contributed by atoms with Gasteiger partial charge in [-0.1, -0.05) is 23.2 Å². The predicted molar refractivity (Wildman–Crippen MR) is 72.2 cm³/mol. The Morgan fingerprint density at radius 1 is 1.42 bits per heavy atom. The van der Waals surface area contributed by atoms with Gasteiger partial charge < -0.3 is 14.2 Å². The van der Waals surface area contributed by atoms with Gasteiger partial charge in [0.25, 0.3) is 0 Å². The van der Waals surface area contributed by atoms with E-state index in [-0.39, 0.29) is 21.7 Å². The minimum Gasteiger partial charge on any atom is -0.491 e. The zero-order valence-corrected chi connectivity index (χ0v) is 12.1. The average Bonchev–Trinajstić information content (AvgIpc) is 2.66. The third-order valence-electron chi connectivity index (χ3n) is 2.67. The number of halogens is 2. The van der Waals surface area contributed by atoms with Crippen molar-refractivity contribution in [1.29, 1.82) is 0 Å². The number of carbonyl (C=O) groups excluding carboxylic acids is 1. The molecule has 2 rings (SSSR count). The molecule has 0 aliphatic carbocycles. The van der Waals surface area contributed by atoms with Crippen LogP contribution in [0.3, 0.4) is 0 Å². The highest BCUT2D eigenvalue weighted by molar-refractivity contribution is 6.38. The van der Waals surface area contributed by atoms with Gasteiger partial charge in [-0.2, -0.15) is 0 Å². The first-order chi connectivity index (χ1) is 8.91. The Hall–Kier alpha value is -0.810. The fourth-order valence-corrected chi connectivity index (χ4v) is 2.35. The largest absolute Gasteiger partial charge is 0.491 e. The van der Waals surface area contributed by atoms with Crippen molar-refractivity contribution in [1.82, 2.24) is 0 Å². The maximum absolute atomic E-state index is 10.8. The third kappa shape index (κ3) is 3.60. The first kappa shape index (κ1) is 14.6. The summed E-state index contributed by atoms with van der Waals surface area (Å²) in [6.07, 6.45) is 0.475. The lowest BCUT2D eigenvalue weighted by atomic mass is 10.2. The van der Waals surface area contributed by atoms with Crippen molar-refractivity contribution in [2.24, 2.45) is 0 Å². The molecule has 0 radical (unpaired) electrons. The normalized spacial score (nSPS) is 21.4. The Morgan fingerprint density at radius 3 is 2.53 bits per heavy atom. The average molecular weight is 305 g/mol. The van der Waals surface area contributed by atoms with Crippen molar-refractivity contribution in [3.8, 4) is 5.75 Å². The van der Waals surface area contributed by atoms with Crippen molar-refractivity contribution < 1.29 is 19.0 Å². The molecule has 1 aliphatic rings. The van der Waals surface area contributed by atoms with Crippen molar-refractivity contribution in [2.45, 2.75) is 25.7 Å². The molecule has 1 saturated heterocycles. The van der Waals surface area contributed by atoms with Gasteiger partial charge in [-0.05, 0) is 26.0 Å². The highest BCUT2D eigenvalue weighted by Gasteiger charge is 2.33. The molecular formula is C13H14Cl2O4. The van der Waals surface area contributed by atoms with Crippen molar-refractivity contribution in [3.05, 3.63) is 27.7 Å². The molecule has 6 heteroatoms. The molecule has 0 unspecified atom stereocenters. The molecule has 1 heterocycles. The van der Waals surface area contributed by atoms with Gasteiger partial charge >= 0.3 is 0 Å². The highest BCUT2D eigenvalue weighted by atomic mass is 35.5. The Labute approximate surface area is 121 Å². The van der Waals surface area contributed by atoms with Crippen molar-refractivity contribution in [2.75, 3.05) is 13.2 Å². The van der Waals surface area contributed by atoms with E-state index in [9.17, 15) is 4.79 Å². The van der Waals surface area contributed by atoms with Gasteiger partial charge in [0.05, 0.1) is 22.2 Å². The second kappa shape index (κ2) is 5.67. The van der Waals surface area contributed by atoms with Crippen LogP contribution < -0.4 is 4.74 Å². The molecule has 0 bridgehead atoms. The Balaban J connectivity index is 1.99.